The van der Waals surface area contributed by atoms with Crippen LogP contribution in [0.15, 0.2) is 24.3 Å². The van der Waals surface area contributed by atoms with Gasteiger partial charge in [0.2, 0.25) is 0 Å². The molecule has 0 amide bonds. The molecule has 2 heteroatoms. The van der Waals surface area contributed by atoms with Gasteiger partial charge in [0, 0.05) is 5.38 Å². The third kappa shape index (κ3) is 3.20. The first-order valence-corrected chi connectivity index (χ1v) is 5.78. The van der Waals surface area contributed by atoms with Crippen molar-refractivity contribution in [1.29, 1.82) is 0 Å². The van der Waals surface area contributed by atoms with E-state index in [0.717, 1.165) is 6.42 Å². The summed E-state index contributed by atoms with van der Waals surface area (Å²) in [4.78, 5) is 0. The summed E-state index contributed by atoms with van der Waals surface area (Å²) in [5.74, 6) is -0.157. The highest BCUT2D eigenvalue weighted by Crippen LogP contribution is 2.31. The average Bonchev–Trinajstić information content (AvgIpc) is 2.21. The van der Waals surface area contributed by atoms with E-state index in [-0.39, 0.29) is 16.6 Å². The van der Waals surface area contributed by atoms with Crippen LogP contribution in [-0.2, 0) is 6.42 Å². The minimum Gasteiger partial charge on any atom is -0.207 e. The van der Waals surface area contributed by atoms with Gasteiger partial charge in [0.05, 0.1) is 0 Å². The van der Waals surface area contributed by atoms with Crippen LogP contribution in [0.1, 0.15) is 32.8 Å². The number of alkyl halides is 1. The summed E-state index contributed by atoms with van der Waals surface area (Å²) < 4.78 is 13.4. The molecule has 84 valence electrons. The van der Waals surface area contributed by atoms with Gasteiger partial charge in [-0.2, -0.15) is 0 Å². The Morgan fingerprint density at radius 1 is 1.33 bits per heavy atom. The second kappa shape index (κ2) is 4.98. The van der Waals surface area contributed by atoms with Crippen molar-refractivity contribution >= 4 is 11.6 Å². The first-order chi connectivity index (χ1) is 6.97. The highest BCUT2D eigenvalue weighted by Gasteiger charge is 2.26. The molecule has 0 bridgehead atoms. The van der Waals surface area contributed by atoms with Gasteiger partial charge < -0.3 is 0 Å². The van der Waals surface area contributed by atoms with E-state index < -0.39 is 0 Å². The second-order valence-corrected chi connectivity index (χ2v) is 5.13. The zero-order chi connectivity index (χ0) is 11.5. The Kier molecular flexibility index (Phi) is 4.15. The van der Waals surface area contributed by atoms with Crippen molar-refractivity contribution in [2.45, 2.75) is 39.0 Å². The third-order valence-electron chi connectivity index (χ3n) is 3.12. The molecule has 0 heterocycles. The highest BCUT2D eigenvalue weighted by molar-refractivity contribution is 6.21. The van der Waals surface area contributed by atoms with Gasteiger partial charge in [-0.05, 0) is 29.9 Å². The Hall–Kier alpha value is -0.560. The van der Waals surface area contributed by atoms with Crippen molar-refractivity contribution in [2.24, 2.45) is 5.41 Å². The Labute approximate surface area is 96.5 Å². The molecule has 1 rings (SSSR count). The lowest BCUT2D eigenvalue weighted by Crippen LogP contribution is -2.26. The standard InChI is InChI=1S/C13H18ClF/c1-4-13(2,3)12(14)9-10-7-5-6-8-11(10)15/h5-8,12H,4,9H2,1-3H3. The molecule has 0 fully saturated rings. The fourth-order valence-corrected chi connectivity index (χ4v) is 1.68. The van der Waals surface area contributed by atoms with Crippen molar-refractivity contribution in [1.82, 2.24) is 0 Å². The normalized spacial score (nSPS) is 13.9. The molecule has 0 nitrogen and oxygen atoms in total. The maximum absolute atomic E-state index is 13.4. The maximum Gasteiger partial charge on any atom is 0.126 e. The predicted octanol–water partition coefficient (Wildman–Crippen LogP) is 4.41. The second-order valence-electron chi connectivity index (χ2n) is 4.61. The van der Waals surface area contributed by atoms with Crippen LogP contribution in [-0.4, -0.2) is 5.38 Å². The van der Waals surface area contributed by atoms with Crippen LogP contribution in [0, 0.1) is 11.2 Å². The summed E-state index contributed by atoms with van der Waals surface area (Å²) in [5, 5.41) is -0.0283. The molecule has 0 aliphatic heterocycles. The molecule has 1 unspecified atom stereocenters. The van der Waals surface area contributed by atoms with Crippen molar-refractivity contribution < 1.29 is 4.39 Å². The number of halogens is 2. The van der Waals surface area contributed by atoms with Crippen molar-refractivity contribution in [3.05, 3.63) is 35.6 Å². The molecule has 0 radical (unpaired) electrons. The van der Waals surface area contributed by atoms with E-state index in [1.165, 1.54) is 6.07 Å². The number of rotatable bonds is 4. The van der Waals surface area contributed by atoms with E-state index in [9.17, 15) is 4.39 Å². The van der Waals surface area contributed by atoms with Crippen molar-refractivity contribution in [2.75, 3.05) is 0 Å². The van der Waals surface area contributed by atoms with Gasteiger partial charge in [-0.1, -0.05) is 39.0 Å². The van der Waals surface area contributed by atoms with E-state index in [1.807, 2.05) is 6.07 Å². The average molecular weight is 229 g/mol. The van der Waals surface area contributed by atoms with E-state index in [1.54, 1.807) is 12.1 Å². The zero-order valence-corrected chi connectivity index (χ0v) is 10.3. The Balaban J connectivity index is 2.75. The molecule has 15 heavy (non-hydrogen) atoms. The Morgan fingerprint density at radius 3 is 2.47 bits per heavy atom. The third-order valence-corrected chi connectivity index (χ3v) is 3.86. The van der Waals surface area contributed by atoms with Gasteiger partial charge in [0.1, 0.15) is 5.82 Å². The van der Waals surface area contributed by atoms with Gasteiger partial charge in [-0.15, -0.1) is 11.6 Å². The molecule has 1 aromatic rings. The van der Waals surface area contributed by atoms with Gasteiger partial charge >= 0.3 is 0 Å². The van der Waals surface area contributed by atoms with E-state index in [4.69, 9.17) is 11.6 Å². The van der Waals surface area contributed by atoms with Crippen LogP contribution in [0.25, 0.3) is 0 Å². The van der Waals surface area contributed by atoms with Crippen LogP contribution in [0.4, 0.5) is 4.39 Å². The molecule has 0 saturated heterocycles. The lowest BCUT2D eigenvalue weighted by Gasteiger charge is -2.28. The molecule has 0 saturated carbocycles. The van der Waals surface area contributed by atoms with E-state index >= 15 is 0 Å². The van der Waals surface area contributed by atoms with E-state index in [2.05, 4.69) is 20.8 Å². The topological polar surface area (TPSA) is 0 Å². The molecule has 0 aliphatic rings. The van der Waals surface area contributed by atoms with Gasteiger partial charge in [-0.25, -0.2) is 4.39 Å². The summed E-state index contributed by atoms with van der Waals surface area (Å²) in [5.41, 5.74) is 0.753. The van der Waals surface area contributed by atoms with Crippen LogP contribution in [0.3, 0.4) is 0 Å². The van der Waals surface area contributed by atoms with Crippen LogP contribution in [0.2, 0.25) is 0 Å². The lowest BCUT2D eigenvalue weighted by atomic mass is 9.83. The van der Waals surface area contributed by atoms with Gasteiger partial charge in [0.25, 0.3) is 0 Å². The number of benzene rings is 1. The van der Waals surface area contributed by atoms with Crippen LogP contribution < -0.4 is 0 Å². The SMILES string of the molecule is CCC(C)(C)C(Cl)Cc1ccccc1F. The molecular formula is C13H18ClF. The van der Waals surface area contributed by atoms with Crippen LogP contribution in [0.5, 0.6) is 0 Å². The summed E-state index contributed by atoms with van der Waals surface area (Å²) in [6, 6.07) is 6.84. The molecular weight excluding hydrogens is 211 g/mol. The molecule has 0 N–H and O–H groups in total. The smallest absolute Gasteiger partial charge is 0.126 e. The number of hydrogen-bond donors (Lipinski definition) is 0. The predicted molar refractivity (Wildman–Crippen MR) is 63.8 cm³/mol. The van der Waals surface area contributed by atoms with Crippen molar-refractivity contribution in [3.8, 4) is 0 Å². The van der Waals surface area contributed by atoms with Crippen molar-refractivity contribution in [3.63, 3.8) is 0 Å². The van der Waals surface area contributed by atoms with Crippen LogP contribution >= 0.6 is 11.6 Å². The molecule has 0 aliphatic carbocycles. The van der Waals surface area contributed by atoms with E-state index in [0.29, 0.717) is 12.0 Å². The lowest BCUT2D eigenvalue weighted by molar-refractivity contribution is 0.328. The molecule has 1 atom stereocenters. The quantitative estimate of drug-likeness (QED) is 0.670. The van der Waals surface area contributed by atoms with Gasteiger partial charge in [0.15, 0.2) is 0 Å². The minimum absolute atomic E-state index is 0.0283. The largest absolute Gasteiger partial charge is 0.207 e. The molecule has 1 aromatic carbocycles. The first kappa shape index (κ1) is 12.5. The van der Waals surface area contributed by atoms with Gasteiger partial charge in [-0.3, -0.25) is 0 Å². The maximum atomic E-state index is 13.4. The summed E-state index contributed by atoms with van der Waals surface area (Å²) in [7, 11) is 0. The minimum atomic E-state index is -0.157. The summed E-state index contributed by atoms with van der Waals surface area (Å²) in [6.07, 6.45) is 1.59. The molecule has 0 spiro atoms. The highest BCUT2D eigenvalue weighted by atomic mass is 35.5. The monoisotopic (exact) mass is 228 g/mol. The Bertz CT molecular complexity index is 320. The molecule has 0 aromatic heterocycles. The number of hydrogen-bond acceptors (Lipinski definition) is 0. The first-order valence-electron chi connectivity index (χ1n) is 5.35. The summed E-state index contributed by atoms with van der Waals surface area (Å²) in [6.45, 7) is 6.34. The Morgan fingerprint density at radius 2 is 1.93 bits per heavy atom. The summed E-state index contributed by atoms with van der Waals surface area (Å²) >= 11 is 6.31. The zero-order valence-electron chi connectivity index (χ0n) is 9.56. The fraction of sp³-hybridized carbons (Fsp3) is 0.538. The fourth-order valence-electron chi connectivity index (χ4n) is 1.35.